The van der Waals surface area contributed by atoms with Gasteiger partial charge in [-0.25, -0.2) is 4.79 Å². The van der Waals surface area contributed by atoms with Crippen molar-refractivity contribution in [3.8, 4) is 5.75 Å². The van der Waals surface area contributed by atoms with Crippen LogP contribution in [0.3, 0.4) is 0 Å². The number of benzene rings is 1. The molecule has 2 heterocycles. The van der Waals surface area contributed by atoms with Crippen LogP contribution in [0, 0.1) is 0 Å². The summed E-state index contributed by atoms with van der Waals surface area (Å²) in [6.07, 6.45) is 1.45. The number of anilines is 1. The lowest BCUT2D eigenvalue weighted by atomic mass is 9.84. The van der Waals surface area contributed by atoms with Crippen LogP contribution in [0.1, 0.15) is 18.4 Å². The average molecular weight is 248 g/mol. The Kier molecular flexibility index (Phi) is 2.63. The molecule has 5 nitrogen and oxygen atoms in total. The Morgan fingerprint density at radius 3 is 3.06 bits per heavy atom. The SMILES string of the molecule is COc1ccc2c(c1)C1(CCCNC1)OC(=O)N2. The summed E-state index contributed by atoms with van der Waals surface area (Å²) in [6, 6.07) is 5.65. The fourth-order valence-electron chi connectivity index (χ4n) is 2.70. The van der Waals surface area contributed by atoms with Crippen LogP contribution in [-0.2, 0) is 10.3 Å². The number of fused-ring (bicyclic) bond motifs is 2. The molecule has 1 saturated heterocycles. The van der Waals surface area contributed by atoms with Crippen molar-refractivity contribution in [3.63, 3.8) is 0 Å². The van der Waals surface area contributed by atoms with Gasteiger partial charge in [0.05, 0.1) is 12.8 Å². The van der Waals surface area contributed by atoms with E-state index in [0.717, 1.165) is 36.4 Å². The monoisotopic (exact) mass is 248 g/mol. The van der Waals surface area contributed by atoms with Crippen LogP contribution in [0.2, 0.25) is 0 Å². The summed E-state index contributed by atoms with van der Waals surface area (Å²) in [4.78, 5) is 11.7. The van der Waals surface area contributed by atoms with E-state index < -0.39 is 5.60 Å². The molecule has 18 heavy (non-hydrogen) atoms. The molecule has 3 rings (SSSR count). The van der Waals surface area contributed by atoms with Gasteiger partial charge in [-0.15, -0.1) is 0 Å². The zero-order valence-corrected chi connectivity index (χ0v) is 10.3. The normalized spacial score (nSPS) is 26.2. The number of methoxy groups -OCH3 is 1. The molecule has 1 unspecified atom stereocenters. The standard InChI is InChI=1S/C13H16N2O3/c1-17-9-3-4-11-10(7-9)13(18-12(16)15-11)5-2-6-14-8-13/h3-4,7,14H,2,5-6,8H2,1H3,(H,15,16). The van der Waals surface area contributed by atoms with Crippen molar-refractivity contribution in [2.45, 2.75) is 18.4 Å². The first kappa shape index (κ1) is 11.3. The quantitative estimate of drug-likeness (QED) is 0.796. The summed E-state index contributed by atoms with van der Waals surface area (Å²) in [5.74, 6) is 0.776. The average Bonchev–Trinajstić information content (AvgIpc) is 2.39. The maximum Gasteiger partial charge on any atom is 0.412 e. The van der Waals surface area contributed by atoms with E-state index in [1.165, 1.54) is 0 Å². The highest BCUT2D eigenvalue weighted by molar-refractivity contribution is 5.89. The number of amides is 1. The molecule has 1 amide bonds. The van der Waals surface area contributed by atoms with E-state index in [2.05, 4.69) is 10.6 Å². The third-order valence-electron chi connectivity index (χ3n) is 3.59. The molecule has 1 aromatic carbocycles. The second-order valence-corrected chi connectivity index (χ2v) is 4.70. The van der Waals surface area contributed by atoms with Gasteiger partial charge in [-0.05, 0) is 37.6 Å². The van der Waals surface area contributed by atoms with Crippen LogP contribution in [0.15, 0.2) is 18.2 Å². The van der Waals surface area contributed by atoms with E-state index in [1.54, 1.807) is 7.11 Å². The van der Waals surface area contributed by atoms with E-state index >= 15 is 0 Å². The molecule has 1 spiro atoms. The van der Waals surface area contributed by atoms with Gasteiger partial charge >= 0.3 is 6.09 Å². The van der Waals surface area contributed by atoms with Crippen molar-refractivity contribution in [2.24, 2.45) is 0 Å². The maximum atomic E-state index is 11.7. The van der Waals surface area contributed by atoms with E-state index in [1.807, 2.05) is 18.2 Å². The summed E-state index contributed by atoms with van der Waals surface area (Å²) in [6.45, 7) is 1.62. The molecule has 5 heteroatoms. The van der Waals surface area contributed by atoms with E-state index in [4.69, 9.17) is 9.47 Å². The molecule has 0 aromatic heterocycles. The van der Waals surface area contributed by atoms with Gasteiger partial charge in [-0.3, -0.25) is 5.32 Å². The number of hydrogen-bond donors (Lipinski definition) is 2. The largest absolute Gasteiger partial charge is 0.497 e. The van der Waals surface area contributed by atoms with Gasteiger partial charge in [0.1, 0.15) is 5.75 Å². The summed E-state index contributed by atoms with van der Waals surface area (Å²) in [5, 5.41) is 6.04. The van der Waals surface area contributed by atoms with Crippen molar-refractivity contribution in [1.82, 2.24) is 5.32 Å². The number of piperidine rings is 1. The number of nitrogens with one attached hydrogen (secondary N) is 2. The van der Waals surface area contributed by atoms with Gasteiger partial charge in [-0.1, -0.05) is 0 Å². The third kappa shape index (κ3) is 1.71. The highest BCUT2D eigenvalue weighted by Crippen LogP contribution is 2.41. The highest BCUT2D eigenvalue weighted by Gasteiger charge is 2.43. The molecule has 2 aliphatic rings. The predicted octanol–water partition coefficient (Wildman–Crippen LogP) is 1.84. The third-order valence-corrected chi connectivity index (χ3v) is 3.59. The minimum absolute atomic E-state index is 0.378. The van der Waals surface area contributed by atoms with Crippen molar-refractivity contribution in [2.75, 3.05) is 25.5 Å². The van der Waals surface area contributed by atoms with Crippen LogP contribution in [0.25, 0.3) is 0 Å². The second-order valence-electron chi connectivity index (χ2n) is 4.70. The fraction of sp³-hybridized carbons (Fsp3) is 0.462. The molecule has 96 valence electrons. The number of rotatable bonds is 1. The number of carbonyl (C=O) groups is 1. The van der Waals surface area contributed by atoms with Crippen molar-refractivity contribution in [1.29, 1.82) is 0 Å². The van der Waals surface area contributed by atoms with Crippen molar-refractivity contribution < 1.29 is 14.3 Å². The lowest BCUT2D eigenvalue weighted by Gasteiger charge is -2.41. The van der Waals surface area contributed by atoms with Gasteiger partial charge in [0.15, 0.2) is 5.60 Å². The fourth-order valence-corrected chi connectivity index (χ4v) is 2.70. The molecule has 1 atom stereocenters. The Balaban J connectivity index is 2.09. The molecular formula is C13H16N2O3. The predicted molar refractivity (Wildman–Crippen MR) is 66.9 cm³/mol. The number of ether oxygens (including phenoxy) is 2. The maximum absolute atomic E-state index is 11.7. The van der Waals surface area contributed by atoms with Crippen LogP contribution in [-0.4, -0.2) is 26.3 Å². The van der Waals surface area contributed by atoms with Crippen LogP contribution in [0.5, 0.6) is 5.75 Å². The molecule has 0 aliphatic carbocycles. The minimum atomic E-state index is -0.551. The smallest absolute Gasteiger partial charge is 0.412 e. The Labute approximate surface area is 105 Å². The van der Waals surface area contributed by atoms with E-state index in [-0.39, 0.29) is 6.09 Å². The van der Waals surface area contributed by atoms with E-state index in [9.17, 15) is 4.79 Å². The molecule has 0 saturated carbocycles. The van der Waals surface area contributed by atoms with Crippen molar-refractivity contribution >= 4 is 11.8 Å². The Morgan fingerprint density at radius 2 is 2.33 bits per heavy atom. The Hall–Kier alpha value is -1.75. The first-order chi connectivity index (χ1) is 8.73. The van der Waals surface area contributed by atoms with Crippen LogP contribution < -0.4 is 15.4 Å². The molecule has 0 bridgehead atoms. The van der Waals surface area contributed by atoms with Gasteiger partial charge in [0, 0.05) is 12.1 Å². The minimum Gasteiger partial charge on any atom is -0.497 e. The summed E-state index contributed by atoms with van der Waals surface area (Å²) in [5.41, 5.74) is 1.26. The Bertz CT molecular complexity index is 481. The molecule has 0 radical (unpaired) electrons. The molecular weight excluding hydrogens is 232 g/mol. The number of hydrogen-bond acceptors (Lipinski definition) is 4. The summed E-state index contributed by atoms with van der Waals surface area (Å²) in [7, 11) is 1.63. The van der Waals surface area contributed by atoms with Gasteiger partial charge in [0.25, 0.3) is 0 Å². The molecule has 2 N–H and O–H groups in total. The molecule has 1 fully saturated rings. The Morgan fingerprint density at radius 1 is 1.44 bits per heavy atom. The van der Waals surface area contributed by atoms with Gasteiger partial charge in [0.2, 0.25) is 0 Å². The lowest BCUT2D eigenvalue weighted by Crippen LogP contribution is -2.49. The zero-order valence-electron chi connectivity index (χ0n) is 10.3. The molecule has 1 aromatic rings. The van der Waals surface area contributed by atoms with E-state index in [0.29, 0.717) is 6.54 Å². The summed E-state index contributed by atoms with van der Waals surface area (Å²) < 4.78 is 10.8. The van der Waals surface area contributed by atoms with Gasteiger partial charge < -0.3 is 14.8 Å². The second kappa shape index (κ2) is 4.17. The van der Waals surface area contributed by atoms with Crippen LogP contribution in [0.4, 0.5) is 10.5 Å². The molecule has 2 aliphatic heterocycles. The van der Waals surface area contributed by atoms with Crippen LogP contribution >= 0.6 is 0 Å². The first-order valence-corrected chi connectivity index (χ1v) is 6.13. The lowest BCUT2D eigenvalue weighted by molar-refractivity contribution is -0.00738. The number of carbonyl (C=O) groups excluding carboxylic acids is 1. The summed E-state index contributed by atoms with van der Waals surface area (Å²) >= 11 is 0. The topological polar surface area (TPSA) is 59.6 Å². The zero-order chi connectivity index (χ0) is 12.6. The highest BCUT2D eigenvalue weighted by atomic mass is 16.6. The van der Waals surface area contributed by atoms with Gasteiger partial charge in [-0.2, -0.15) is 0 Å². The first-order valence-electron chi connectivity index (χ1n) is 6.13. The van der Waals surface area contributed by atoms with Crippen molar-refractivity contribution in [3.05, 3.63) is 23.8 Å².